The van der Waals surface area contributed by atoms with E-state index in [1.54, 1.807) is 37.3 Å². The second-order valence-electron chi connectivity index (χ2n) is 5.23. The predicted octanol–water partition coefficient (Wildman–Crippen LogP) is 1.96. The first-order valence-electron chi connectivity index (χ1n) is 7.57. The zero-order valence-electron chi connectivity index (χ0n) is 13.6. The minimum atomic E-state index is -0.948. The van der Waals surface area contributed by atoms with Gasteiger partial charge in [0.1, 0.15) is 0 Å². The molecule has 0 aliphatic rings. The number of aryl methyl sites for hydroxylation is 2. The highest BCUT2D eigenvalue weighted by molar-refractivity contribution is 6.39. The highest BCUT2D eigenvalue weighted by Crippen LogP contribution is 2.09. The predicted molar refractivity (Wildman–Crippen MR) is 91.2 cm³/mol. The molecule has 0 spiro atoms. The summed E-state index contributed by atoms with van der Waals surface area (Å²) in [5, 5.41) is 2.47. The van der Waals surface area contributed by atoms with Crippen LogP contribution in [0, 0.1) is 6.92 Å². The Morgan fingerprint density at radius 1 is 0.875 bits per heavy atom. The molecule has 0 saturated carbocycles. The molecule has 0 unspecified atom stereocenters. The minimum Gasteiger partial charge on any atom is -0.318 e. The van der Waals surface area contributed by atoms with Gasteiger partial charge < -0.3 is 5.32 Å². The molecule has 0 radical (unpaired) electrons. The molecule has 0 aliphatic heterocycles. The Balaban J connectivity index is 1.88. The van der Waals surface area contributed by atoms with Crippen molar-refractivity contribution in [3.8, 4) is 0 Å². The van der Waals surface area contributed by atoms with E-state index in [4.69, 9.17) is 0 Å². The molecule has 2 aromatic rings. The van der Waals surface area contributed by atoms with Gasteiger partial charge in [0, 0.05) is 11.3 Å². The van der Waals surface area contributed by atoms with Crippen LogP contribution in [-0.2, 0) is 16.0 Å². The fourth-order valence-corrected chi connectivity index (χ4v) is 2.08. The minimum absolute atomic E-state index is 0.424. The summed E-state index contributed by atoms with van der Waals surface area (Å²) in [5.74, 6) is -2.29. The van der Waals surface area contributed by atoms with Crippen molar-refractivity contribution in [1.82, 2.24) is 10.9 Å². The van der Waals surface area contributed by atoms with E-state index in [2.05, 4.69) is 16.2 Å². The molecule has 2 aromatic carbocycles. The Hall–Kier alpha value is -3.15. The third kappa shape index (κ3) is 4.42. The lowest BCUT2D eigenvalue weighted by Crippen LogP contribution is -2.46. The Morgan fingerprint density at radius 2 is 1.54 bits per heavy atom. The van der Waals surface area contributed by atoms with Gasteiger partial charge in [-0.1, -0.05) is 37.3 Å². The molecule has 3 amide bonds. The Labute approximate surface area is 140 Å². The van der Waals surface area contributed by atoms with Gasteiger partial charge in [-0.15, -0.1) is 0 Å². The number of amides is 3. The van der Waals surface area contributed by atoms with E-state index >= 15 is 0 Å². The van der Waals surface area contributed by atoms with Crippen molar-refractivity contribution in [2.24, 2.45) is 0 Å². The first-order valence-corrected chi connectivity index (χ1v) is 7.57. The lowest BCUT2D eigenvalue weighted by Gasteiger charge is -2.09. The third-order valence-electron chi connectivity index (χ3n) is 3.51. The van der Waals surface area contributed by atoms with Crippen LogP contribution in [-0.4, -0.2) is 17.7 Å². The quantitative estimate of drug-likeness (QED) is 0.595. The van der Waals surface area contributed by atoms with Gasteiger partial charge >= 0.3 is 11.8 Å². The molecule has 0 atom stereocenters. The molecule has 0 fully saturated rings. The van der Waals surface area contributed by atoms with Crippen LogP contribution >= 0.6 is 0 Å². The normalized spacial score (nSPS) is 9.92. The van der Waals surface area contributed by atoms with Crippen LogP contribution in [0.5, 0.6) is 0 Å². The van der Waals surface area contributed by atoms with Gasteiger partial charge in [-0.2, -0.15) is 0 Å². The van der Waals surface area contributed by atoms with Crippen molar-refractivity contribution in [3.05, 3.63) is 65.2 Å². The van der Waals surface area contributed by atoms with Crippen molar-refractivity contribution < 1.29 is 14.4 Å². The van der Waals surface area contributed by atoms with Gasteiger partial charge in [-0.05, 0) is 42.7 Å². The molecule has 0 bridgehead atoms. The summed E-state index contributed by atoms with van der Waals surface area (Å²) in [6.07, 6.45) is 0.889. The van der Waals surface area contributed by atoms with Crippen molar-refractivity contribution in [2.45, 2.75) is 20.3 Å². The molecule has 2 rings (SSSR count). The lowest BCUT2D eigenvalue weighted by atomic mass is 10.1. The van der Waals surface area contributed by atoms with Crippen LogP contribution < -0.4 is 16.2 Å². The topological polar surface area (TPSA) is 87.3 Å². The number of hydrazine groups is 1. The van der Waals surface area contributed by atoms with Gasteiger partial charge in [-0.3, -0.25) is 25.2 Å². The van der Waals surface area contributed by atoms with E-state index in [-0.39, 0.29) is 0 Å². The maximum Gasteiger partial charge on any atom is 0.328 e. The fourth-order valence-electron chi connectivity index (χ4n) is 2.08. The average Bonchev–Trinajstić information content (AvgIpc) is 2.60. The van der Waals surface area contributed by atoms with E-state index < -0.39 is 17.7 Å². The number of benzene rings is 2. The molecular formula is C18H19N3O3. The molecule has 0 aliphatic carbocycles. The number of carbonyl (C=O) groups excluding carboxylic acids is 3. The van der Waals surface area contributed by atoms with Gasteiger partial charge in [0.25, 0.3) is 5.91 Å². The lowest BCUT2D eigenvalue weighted by molar-refractivity contribution is -0.136. The zero-order chi connectivity index (χ0) is 17.5. The number of nitrogens with one attached hydrogen (secondary N) is 3. The third-order valence-corrected chi connectivity index (χ3v) is 3.51. The van der Waals surface area contributed by atoms with Crippen LogP contribution in [0.25, 0.3) is 0 Å². The Kier molecular flexibility index (Phi) is 5.68. The zero-order valence-corrected chi connectivity index (χ0v) is 13.6. The number of rotatable bonds is 3. The maximum absolute atomic E-state index is 12.0. The van der Waals surface area contributed by atoms with E-state index in [9.17, 15) is 14.4 Å². The summed E-state index contributed by atoms with van der Waals surface area (Å²) in [7, 11) is 0. The summed E-state index contributed by atoms with van der Waals surface area (Å²) in [6, 6.07) is 14.1. The molecule has 0 saturated heterocycles. The monoisotopic (exact) mass is 325 g/mol. The van der Waals surface area contributed by atoms with Crippen molar-refractivity contribution >= 4 is 23.4 Å². The first-order chi connectivity index (χ1) is 11.5. The Bertz CT molecular complexity index is 754. The molecule has 124 valence electrons. The molecule has 0 heterocycles. The van der Waals surface area contributed by atoms with Crippen molar-refractivity contribution in [2.75, 3.05) is 5.32 Å². The van der Waals surface area contributed by atoms with E-state index in [0.29, 0.717) is 11.3 Å². The number of hydrogen-bond donors (Lipinski definition) is 3. The SMILES string of the molecule is CCc1ccc(NC(=O)C(=O)NNC(=O)c2ccccc2C)cc1. The van der Waals surface area contributed by atoms with Crippen LogP contribution in [0.15, 0.2) is 48.5 Å². The molecule has 0 aromatic heterocycles. The van der Waals surface area contributed by atoms with Crippen molar-refractivity contribution in [1.29, 1.82) is 0 Å². The van der Waals surface area contributed by atoms with Gasteiger partial charge in [0.05, 0.1) is 0 Å². The number of hydrogen-bond acceptors (Lipinski definition) is 3. The summed E-state index contributed by atoms with van der Waals surface area (Å²) in [4.78, 5) is 35.5. The van der Waals surface area contributed by atoms with Crippen LogP contribution in [0.2, 0.25) is 0 Å². The van der Waals surface area contributed by atoms with E-state index in [0.717, 1.165) is 17.5 Å². The summed E-state index contributed by atoms with van der Waals surface area (Å²) in [6.45, 7) is 3.81. The smallest absolute Gasteiger partial charge is 0.318 e. The Morgan fingerprint density at radius 3 is 2.17 bits per heavy atom. The van der Waals surface area contributed by atoms with Crippen LogP contribution in [0.1, 0.15) is 28.4 Å². The van der Waals surface area contributed by atoms with Gasteiger partial charge in [0.2, 0.25) is 0 Å². The number of carbonyl (C=O) groups is 3. The van der Waals surface area contributed by atoms with Crippen molar-refractivity contribution in [3.63, 3.8) is 0 Å². The second kappa shape index (κ2) is 7.92. The highest BCUT2D eigenvalue weighted by Gasteiger charge is 2.15. The summed E-state index contributed by atoms with van der Waals surface area (Å²) in [5.41, 5.74) is 7.16. The summed E-state index contributed by atoms with van der Waals surface area (Å²) >= 11 is 0. The molecule has 24 heavy (non-hydrogen) atoms. The van der Waals surface area contributed by atoms with Gasteiger partial charge in [-0.25, -0.2) is 0 Å². The van der Waals surface area contributed by atoms with E-state index in [1.807, 2.05) is 25.1 Å². The second-order valence-corrected chi connectivity index (χ2v) is 5.23. The average molecular weight is 325 g/mol. The van der Waals surface area contributed by atoms with E-state index in [1.165, 1.54) is 0 Å². The fraction of sp³-hybridized carbons (Fsp3) is 0.167. The molecule has 3 N–H and O–H groups in total. The highest BCUT2D eigenvalue weighted by atomic mass is 16.2. The maximum atomic E-state index is 12.0. The molecule has 6 nitrogen and oxygen atoms in total. The largest absolute Gasteiger partial charge is 0.328 e. The molecular weight excluding hydrogens is 306 g/mol. The standard InChI is InChI=1S/C18H19N3O3/c1-3-13-8-10-14(11-9-13)19-17(23)18(24)21-20-16(22)15-7-5-4-6-12(15)2/h4-11H,3H2,1-2H3,(H,19,23)(H,20,22)(H,21,24). The van der Waals surface area contributed by atoms with Crippen LogP contribution in [0.4, 0.5) is 5.69 Å². The van der Waals surface area contributed by atoms with Crippen LogP contribution in [0.3, 0.4) is 0 Å². The molecule has 6 heteroatoms. The number of anilines is 1. The first kappa shape index (κ1) is 17.2. The summed E-state index contributed by atoms with van der Waals surface area (Å²) < 4.78 is 0. The van der Waals surface area contributed by atoms with Gasteiger partial charge in [0.15, 0.2) is 0 Å².